The van der Waals surface area contributed by atoms with Gasteiger partial charge in [-0.2, -0.15) is 18.2 Å². The van der Waals surface area contributed by atoms with Crippen molar-refractivity contribution in [3.8, 4) is 11.8 Å². The second-order valence-corrected chi connectivity index (χ2v) is 10.7. The third-order valence-electron chi connectivity index (χ3n) is 6.32. The molecule has 1 saturated carbocycles. The second kappa shape index (κ2) is 9.44. The van der Waals surface area contributed by atoms with E-state index in [1.165, 1.54) is 4.68 Å². The molecule has 1 aliphatic carbocycles. The van der Waals surface area contributed by atoms with Crippen LogP contribution in [0.1, 0.15) is 59.1 Å². The van der Waals surface area contributed by atoms with Crippen molar-refractivity contribution in [2.45, 2.75) is 71.3 Å². The zero-order valence-electron chi connectivity index (χ0n) is 20.9. The van der Waals surface area contributed by atoms with E-state index in [-0.39, 0.29) is 47.7 Å². The summed E-state index contributed by atoms with van der Waals surface area (Å²) in [5.74, 6) is -0.938. The van der Waals surface area contributed by atoms with Crippen LogP contribution in [0.4, 0.5) is 28.3 Å². The Hall–Kier alpha value is -3.05. The van der Waals surface area contributed by atoms with Crippen molar-refractivity contribution >= 4 is 12.0 Å². The van der Waals surface area contributed by atoms with Crippen LogP contribution in [0.5, 0.6) is 11.8 Å². The number of nitrogens with zero attached hydrogens (tertiary/aromatic N) is 4. The summed E-state index contributed by atoms with van der Waals surface area (Å²) in [5, 5.41) is 7.81. The van der Waals surface area contributed by atoms with Gasteiger partial charge in [-0.15, -0.1) is 5.10 Å². The van der Waals surface area contributed by atoms with Crippen LogP contribution in [-0.2, 0) is 10.9 Å². The van der Waals surface area contributed by atoms with Crippen molar-refractivity contribution in [2.24, 2.45) is 11.8 Å². The lowest BCUT2D eigenvalue weighted by Crippen LogP contribution is -2.51. The first-order valence-electron chi connectivity index (χ1n) is 12.0. The Morgan fingerprint density at radius 3 is 2.33 bits per heavy atom. The molecule has 1 N–H and O–H groups in total. The molecular weight excluding hydrogens is 482 g/mol. The highest BCUT2D eigenvalue weighted by Crippen LogP contribution is 2.39. The van der Waals surface area contributed by atoms with Gasteiger partial charge < -0.3 is 19.7 Å². The number of benzene rings is 1. The Bertz CT molecular complexity index is 1100. The van der Waals surface area contributed by atoms with Crippen molar-refractivity contribution in [3.05, 3.63) is 29.6 Å². The molecule has 3 atom stereocenters. The van der Waals surface area contributed by atoms with Crippen molar-refractivity contribution < 1.29 is 31.8 Å². The van der Waals surface area contributed by atoms with Gasteiger partial charge in [-0.3, -0.25) is 0 Å². The van der Waals surface area contributed by atoms with E-state index in [1.807, 2.05) is 34.6 Å². The van der Waals surface area contributed by atoms with Gasteiger partial charge in [-0.1, -0.05) is 0 Å². The normalized spacial score (nSPS) is 22.2. The number of anilines is 1. The maximum Gasteiger partial charge on any atom is 0.419 e. The van der Waals surface area contributed by atoms with Crippen LogP contribution in [0, 0.1) is 17.7 Å². The van der Waals surface area contributed by atoms with E-state index in [0.717, 1.165) is 18.9 Å². The Kier molecular flexibility index (Phi) is 6.82. The summed E-state index contributed by atoms with van der Waals surface area (Å²) in [5.41, 5.74) is -1.98. The number of amides is 1. The minimum Gasteiger partial charge on any atom is -0.444 e. The van der Waals surface area contributed by atoms with Crippen LogP contribution in [0.3, 0.4) is 0 Å². The second-order valence-electron chi connectivity index (χ2n) is 10.7. The molecule has 1 aliphatic heterocycles. The van der Waals surface area contributed by atoms with E-state index in [4.69, 9.17) is 9.47 Å². The third kappa shape index (κ3) is 5.67. The van der Waals surface area contributed by atoms with Crippen LogP contribution in [-0.4, -0.2) is 50.5 Å². The number of alkyl halides is 3. The molecule has 36 heavy (non-hydrogen) atoms. The van der Waals surface area contributed by atoms with Gasteiger partial charge in [0.2, 0.25) is 5.95 Å². The fraction of sp³-hybridized carbons (Fsp3) is 0.625. The highest BCUT2D eigenvalue weighted by Gasteiger charge is 2.44. The number of hydrogen-bond donors (Lipinski definition) is 1. The van der Waals surface area contributed by atoms with Crippen molar-refractivity contribution in [1.29, 1.82) is 0 Å². The van der Waals surface area contributed by atoms with Gasteiger partial charge in [0.25, 0.3) is 0 Å². The van der Waals surface area contributed by atoms with E-state index in [1.54, 1.807) is 4.90 Å². The number of piperidine rings is 1. The highest BCUT2D eigenvalue weighted by molar-refractivity contribution is 5.68. The number of carbonyl (C=O) groups is 1. The number of fused-ring (bicyclic) bond motifs is 2. The fourth-order valence-corrected chi connectivity index (χ4v) is 4.75. The average molecular weight is 514 g/mol. The molecule has 4 rings (SSSR count). The van der Waals surface area contributed by atoms with Crippen LogP contribution in [0.2, 0.25) is 0 Å². The third-order valence-corrected chi connectivity index (χ3v) is 6.32. The lowest BCUT2D eigenvalue weighted by molar-refractivity contribution is -0.140. The molecule has 2 fully saturated rings. The van der Waals surface area contributed by atoms with E-state index >= 15 is 0 Å². The van der Waals surface area contributed by atoms with Gasteiger partial charge in [0.1, 0.15) is 17.2 Å². The van der Waals surface area contributed by atoms with Crippen LogP contribution >= 0.6 is 0 Å². The quantitative estimate of drug-likeness (QED) is 0.504. The lowest BCUT2D eigenvalue weighted by Gasteiger charge is -2.38. The molecule has 2 aliphatic rings. The number of rotatable bonds is 5. The largest absolute Gasteiger partial charge is 0.444 e. The Labute approximate surface area is 207 Å². The summed E-state index contributed by atoms with van der Waals surface area (Å²) in [7, 11) is 0. The number of carbonyl (C=O) groups excluding carboxylic acids is 1. The maximum atomic E-state index is 13.7. The molecule has 1 aromatic heterocycles. The van der Waals surface area contributed by atoms with Gasteiger partial charge in [-0.25, -0.2) is 13.9 Å². The molecule has 8 nitrogen and oxygen atoms in total. The monoisotopic (exact) mass is 513 g/mol. The summed E-state index contributed by atoms with van der Waals surface area (Å²) in [6.07, 6.45) is -3.31. The summed E-state index contributed by atoms with van der Waals surface area (Å²) in [6, 6.07) is 2.26. The molecule has 2 bridgehead atoms. The minimum absolute atomic E-state index is 0.00855. The predicted octanol–water partition coefficient (Wildman–Crippen LogP) is 5.87. The first-order chi connectivity index (χ1) is 16.7. The zero-order valence-corrected chi connectivity index (χ0v) is 20.9. The molecule has 1 unspecified atom stereocenters. The number of nitrogens with one attached hydrogen (secondary N) is 1. The SMILES string of the molecule is CC(C)n1nc(NC2[C@@H]3CC[C@H]2CN(C(=O)OC(C)(C)C)C3)nc1Oc1ccc(F)c(C(F)(F)F)c1. The summed E-state index contributed by atoms with van der Waals surface area (Å²) in [6.45, 7) is 10.3. The summed E-state index contributed by atoms with van der Waals surface area (Å²) < 4.78 is 65.6. The average Bonchev–Trinajstić information content (AvgIpc) is 3.23. The maximum absolute atomic E-state index is 13.7. The van der Waals surface area contributed by atoms with E-state index in [2.05, 4.69) is 15.4 Å². The topological polar surface area (TPSA) is 81.5 Å². The molecule has 1 aromatic carbocycles. The van der Waals surface area contributed by atoms with Gasteiger partial charge in [-0.05, 0) is 77.5 Å². The molecular formula is C24H31F4N5O3. The number of aromatic nitrogens is 3. The molecule has 1 saturated heterocycles. The van der Waals surface area contributed by atoms with Gasteiger partial charge in [0.15, 0.2) is 0 Å². The van der Waals surface area contributed by atoms with E-state index in [0.29, 0.717) is 25.2 Å². The van der Waals surface area contributed by atoms with E-state index in [9.17, 15) is 22.4 Å². The van der Waals surface area contributed by atoms with Crippen molar-refractivity contribution in [3.63, 3.8) is 0 Å². The molecule has 12 heteroatoms. The van der Waals surface area contributed by atoms with E-state index < -0.39 is 23.2 Å². The predicted molar refractivity (Wildman–Crippen MR) is 123 cm³/mol. The highest BCUT2D eigenvalue weighted by atomic mass is 19.4. The molecule has 1 amide bonds. The Morgan fingerprint density at radius 2 is 1.78 bits per heavy atom. The Morgan fingerprint density at radius 1 is 1.14 bits per heavy atom. The smallest absolute Gasteiger partial charge is 0.419 e. The zero-order chi connectivity index (χ0) is 26.4. The fourth-order valence-electron chi connectivity index (χ4n) is 4.75. The number of halogens is 4. The number of hydrogen-bond acceptors (Lipinski definition) is 6. The standard InChI is InChI=1S/C24H31F4N5O3/c1-13(2)33-21(35-16-8-9-18(25)17(10-16)24(26,27)28)30-20(31-33)29-19-14-6-7-15(19)12-32(11-14)22(34)36-23(3,4)5/h8-10,13-15,19H,6-7,11-12H2,1-5H3,(H,29,31)/t14-,15+,19?. The van der Waals surface area contributed by atoms with Gasteiger partial charge in [0.05, 0.1) is 11.6 Å². The molecule has 2 heterocycles. The van der Waals surface area contributed by atoms with Crippen molar-refractivity contribution in [2.75, 3.05) is 18.4 Å². The summed E-state index contributed by atoms with van der Waals surface area (Å²) in [4.78, 5) is 18.7. The summed E-state index contributed by atoms with van der Waals surface area (Å²) >= 11 is 0. The van der Waals surface area contributed by atoms with Crippen LogP contribution < -0.4 is 10.1 Å². The Balaban J connectivity index is 1.49. The number of likely N-dealkylation sites (tertiary alicyclic amines) is 1. The molecule has 0 radical (unpaired) electrons. The van der Waals surface area contributed by atoms with Crippen LogP contribution in [0.15, 0.2) is 18.2 Å². The molecule has 0 spiro atoms. The first-order valence-corrected chi connectivity index (χ1v) is 12.0. The first kappa shape index (κ1) is 26.0. The lowest BCUT2D eigenvalue weighted by atomic mass is 9.92. The van der Waals surface area contributed by atoms with Gasteiger partial charge >= 0.3 is 18.3 Å². The van der Waals surface area contributed by atoms with Gasteiger partial charge in [0, 0.05) is 19.1 Å². The molecule has 198 valence electrons. The van der Waals surface area contributed by atoms with Crippen LogP contribution in [0.25, 0.3) is 0 Å². The molecule has 2 aromatic rings. The minimum atomic E-state index is -4.85. The van der Waals surface area contributed by atoms with Crippen molar-refractivity contribution in [1.82, 2.24) is 19.7 Å². The number of ether oxygens (including phenoxy) is 2.